The Morgan fingerprint density at radius 2 is 2.28 bits per heavy atom. The van der Waals surface area contributed by atoms with Gasteiger partial charge in [0.05, 0.1) is 12.3 Å². The van der Waals surface area contributed by atoms with E-state index in [0.717, 1.165) is 36.7 Å². The molecule has 0 aliphatic rings. The van der Waals surface area contributed by atoms with Crippen molar-refractivity contribution in [3.63, 3.8) is 0 Å². The third-order valence-corrected chi connectivity index (χ3v) is 3.01. The molecule has 0 spiro atoms. The van der Waals surface area contributed by atoms with Crippen molar-refractivity contribution in [2.45, 2.75) is 39.8 Å². The highest BCUT2D eigenvalue weighted by molar-refractivity contribution is 5.26. The molecule has 0 aliphatic heterocycles. The summed E-state index contributed by atoms with van der Waals surface area (Å²) in [6, 6.07) is 2.04. The van der Waals surface area contributed by atoms with E-state index in [1.807, 2.05) is 17.7 Å². The van der Waals surface area contributed by atoms with Crippen molar-refractivity contribution in [3.8, 4) is 0 Å². The van der Waals surface area contributed by atoms with Crippen LogP contribution in [0, 0.1) is 6.92 Å². The Morgan fingerprint density at radius 3 is 2.89 bits per heavy atom. The van der Waals surface area contributed by atoms with Crippen LogP contribution < -0.4 is 5.32 Å². The zero-order valence-electron chi connectivity index (χ0n) is 11.2. The Bertz CT molecular complexity index is 489. The lowest BCUT2D eigenvalue weighted by atomic mass is 10.1. The maximum atomic E-state index is 5.40. The molecule has 5 nitrogen and oxygen atoms in total. The first-order chi connectivity index (χ1) is 8.77. The molecule has 0 radical (unpaired) electrons. The molecule has 2 rings (SSSR count). The molecule has 0 aromatic carbocycles. The third kappa shape index (κ3) is 2.46. The predicted octanol–water partition coefficient (Wildman–Crippen LogP) is 2.29. The number of aryl methyl sites for hydroxylation is 2. The minimum atomic E-state index is 0.0474. The van der Waals surface area contributed by atoms with E-state index in [-0.39, 0.29) is 6.04 Å². The Labute approximate surface area is 107 Å². The summed E-state index contributed by atoms with van der Waals surface area (Å²) >= 11 is 0. The van der Waals surface area contributed by atoms with Crippen molar-refractivity contribution in [1.82, 2.24) is 20.1 Å². The van der Waals surface area contributed by atoms with Crippen molar-refractivity contribution >= 4 is 0 Å². The fourth-order valence-electron chi connectivity index (χ4n) is 2.06. The van der Waals surface area contributed by atoms with Gasteiger partial charge in [0, 0.05) is 12.1 Å². The molecule has 98 valence electrons. The summed E-state index contributed by atoms with van der Waals surface area (Å²) in [6.45, 7) is 7.94. The van der Waals surface area contributed by atoms with Gasteiger partial charge in [0.15, 0.2) is 0 Å². The Balaban J connectivity index is 2.34. The van der Waals surface area contributed by atoms with Gasteiger partial charge in [0.2, 0.25) is 0 Å². The maximum Gasteiger partial charge on any atom is 0.148 e. The molecule has 0 fully saturated rings. The van der Waals surface area contributed by atoms with Gasteiger partial charge in [-0.15, -0.1) is 0 Å². The van der Waals surface area contributed by atoms with E-state index in [4.69, 9.17) is 4.42 Å². The number of rotatable bonds is 6. The van der Waals surface area contributed by atoms with Crippen molar-refractivity contribution < 1.29 is 4.42 Å². The minimum absolute atomic E-state index is 0.0474. The molecule has 5 heteroatoms. The normalized spacial score (nSPS) is 12.8. The number of nitrogens with zero attached hydrogens (tertiary/aromatic N) is 3. The molecule has 18 heavy (non-hydrogen) atoms. The van der Waals surface area contributed by atoms with Gasteiger partial charge in [-0.3, -0.25) is 0 Å². The van der Waals surface area contributed by atoms with E-state index in [0.29, 0.717) is 0 Å². The zero-order chi connectivity index (χ0) is 13.0. The average Bonchev–Trinajstić information content (AvgIpc) is 2.99. The molecule has 0 saturated carbocycles. The van der Waals surface area contributed by atoms with Crippen LogP contribution in [0.3, 0.4) is 0 Å². The Kier molecular flexibility index (Phi) is 4.15. The summed E-state index contributed by atoms with van der Waals surface area (Å²) < 4.78 is 7.32. The number of hydrogen-bond acceptors (Lipinski definition) is 4. The van der Waals surface area contributed by atoms with Crippen LogP contribution in [0.4, 0.5) is 0 Å². The Morgan fingerprint density at radius 1 is 1.44 bits per heavy atom. The highest BCUT2D eigenvalue weighted by atomic mass is 16.3. The van der Waals surface area contributed by atoms with Gasteiger partial charge in [-0.05, 0) is 32.9 Å². The van der Waals surface area contributed by atoms with E-state index in [1.54, 1.807) is 12.6 Å². The molecular formula is C13H20N4O. The van der Waals surface area contributed by atoms with Crippen LogP contribution in [-0.2, 0) is 6.54 Å². The molecule has 0 saturated heterocycles. The number of hydrogen-bond donors (Lipinski definition) is 1. The zero-order valence-corrected chi connectivity index (χ0v) is 11.2. The molecule has 0 bridgehead atoms. The van der Waals surface area contributed by atoms with Crippen LogP contribution in [0.5, 0.6) is 0 Å². The maximum absolute atomic E-state index is 5.40. The molecule has 0 amide bonds. The molecule has 2 aromatic rings. The fraction of sp³-hybridized carbons (Fsp3) is 0.538. The smallest absolute Gasteiger partial charge is 0.148 e. The van der Waals surface area contributed by atoms with Crippen molar-refractivity contribution in [2.24, 2.45) is 0 Å². The van der Waals surface area contributed by atoms with Crippen LogP contribution in [0.15, 0.2) is 23.1 Å². The van der Waals surface area contributed by atoms with Gasteiger partial charge < -0.3 is 9.73 Å². The second kappa shape index (κ2) is 5.82. The molecule has 2 aromatic heterocycles. The topological polar surface area (TPSA) is 55.9 Å². The van der Waals surface area contributed by atoms with Crippen LogP contribution >= 0.6 is 0 Å². The van der Waals surface area contributed by atoms with Crippen LogP contribution in [0.1, 0.15) is 43.5 Å². The lowest BCUT2D eigenvalue weighted by Gasteiger charge is -2.17. The first-order valence-electron chi connectivity index (χ1n) is 6.43. The summed E-state index contributed by atoms with van der Waals surface area (Å²) in [4.78, 5) is 4.39. The molecule has 1 atom stereocenters. The van der Waals surface area contributed by atoms with Gasteiger partial charge in [0.1, 0.15) is 17.9 Å². The molecule has 1 unspecified atom stereocenters. The van der Waals surface area contributed by atoms with E-state index in [2.05, 4.69) is 29.2 Å². The highest BCUT2D eigenvalue weighted by Gasteiger charge is 2.22. The monoisotopic (exact) mass is 248 g/mol. The van der Waals surface area contributed by atoms with Crippen LogP contribution in [-0.4, -0.2) is 21.3 Å². The largest absolute Gasteiger partial charge is 0.469 e. The Hall–Kier alpha value is -1.62. The predicted molar refractivity (Wildman–Crippen MR) is 69.3 cm³/mol. The van der Waals surface area contributed by atoms with E-state index in [1.165, 1.54) is 0 Å². The van der Waals surface area contributed by atoms with E-state index < -0.39 is 0 Å². The van der Waals surface area contributed by atoms with Gasteiger partial charge >= 0.3 is 0 Å². The van der Waals surface area contributed by atoms with Gasteiger partial charge in [0.25, 0.3) is 0 Å². The van der Waals surface area contributed by atoms with Crippen LogP contribution in [0.2, 0.25) is 0 Å². The lowest BCUT2D eigenvalue weighted by molar-refractivity contribution is 0.494. The first kappa shape index (κ1) is 12.8. The van der Waals surface area contributed by atoms with Gasteiger partial charge in [-0.2, -0.15) is 5.10 Å². The molecule has 1 N–H and O–H groups in total. The SMILES string of the molecule is CCCNC(c1ccoc1C)c1ncnn1CC. The van der Waals surface area contributed by atoms with Crippen molar-refractivity contribution in [2.75, 3.05) is 6.54 Å². The van der Waals surface area contributed by atoms with Crippen molar-refractivity contribution in [1.29, 1.82) is 0 Å². The number of aromatic nitrogens is 3. The molecule has 2 heterocycles. The van der Waals surface area contributed by atoms with Gasteiger partial charge in [-0.1, -0.05) is 6.92 Å². The fourth-order valence-corrected chi connectivity index (χ4v) is 2.06. The summed E-state index contributed by atoms with van der Waals surface area (Å²) in [5, 5.41) is 7.74. The standard InChI is InChI=1S/C13H20N4O/c1-4-7-14-12(11-6-8-18-10(11)3)13-15-9-16-17(13)5-2/h6,8-9,12,14H,4-5,7H2,1-3H3. The quantitative estimate of drug-likeness (QED) is 0.852. The third-order valence-electron chi connectivity index (χ3n) is 3.01. The average molecular weight is 248 g/mol. The number of nitrogens with one attached hydrogen (secondary N) is 1. The van der Waals surface area contributed by atoms with E-state index >= 15 is 0 Å². The van der Waals surface area contributed by atoms with Crippen LogP contribution in [0.25, 0.3) is 0 Å². The number of furan rings is 1. The second-order valence-electron chi connectivity index (χ2n) is 4.25. The minimum Gasteiger partial charge on any atom is -0.469 e. The van der Waals surface area contributed by atoms with Gasteiger partial charge in [-0.25, -0.2) is 9.67 Å². The molecule has 0 aliphatic carbocycles. The summed E-state index contributed by atoms with van der Waals surface area (Å²) in [5.74, 6) is 1.87. The summed E-state index contributed by atoms with van der Waals surface area (Å²) in [5.41, 5.74) is 1.13. The summed E-state index contributed by atoms with van der Waals surface area (Å²) in [7, 11) is 0. The summed E-state index contributed by atoms with van der Waals surface area (Å²) in [6.07, 6.45) is 4.40. The lowest BCUT2D eigenvalue weighted by Crippen LogP contribution is -2.26. The first-order valence-corrected chi connectivity index (χ1v) is 6.43. The molecular weight excluding hydrogens is 228 g/mol. The van der Waals surface area contributed by atoms with Crippen molar-refractivity contribution in [3.05, 3.63) is 35.8 Å². The second-order valence-corrected chi connectivity index (χ2v) is 4.25. The highest BCUT2D eigenvalue weighted by Crippen LogP contribution is 2.24. The van der Waals surface area contributed by atoms with E-state index in [9.17, 15) is 0 Å².